The van der Waals surface area contributed by atoms with Crippen molar-refractivity contribution in [3.63, 3.8) is 0 Å². The SMILES string of the molecule is O=C1CCNCC1c1coc2ncccc12. The molecule has 3 rings (SSSR count). The van der Waals surface area contributed by atoms with Crippen LogP contribution in [0.25, 0.3) is 11.1 Å². The predicted octanol–water partition coefficient (Wildman–Crippen LogP) is 1.47. The van der Waals surface area contributed by atoms with E-state index in [-0.39, 0.29) is 11.7 Å². The van der Waals surface area contributed by atoms with Gasteiger partial charge in [0.15, 0.2) is 0 Å². The zero-order chi connectivity index (χ0) is 11.0. The van der Waals surface area contributed by atoms with Gasteiger partial charge in [0, 0.05) is 36.7 Å². The van der Waals surface area contributed by atoms with E-state index in [0.29, 0.717) is 18.7 Å². The first kappa shape index (κ1) is 9.54. The number of piperidine rings is 1. The molecule has 1 saturated heterocycles. The van der Waals surface area contributed by atoms with Crippen molar-refractivity contribution in [2.75, 3.05) is 13.1 Å². The molecule has 16 heavy (non-hydrogen) atoms. The van der Waals surface area contributed by atoms with Gasteiger partial charge in [0.1, 0.15) is 5.78 Å². The highest BCUT2D eigenvalue weighted by Gasteiger charge is 2.26. The van der Waals surface area contributed by atoms with Crippen LogP contribution in [0.4, 0.5) is 0 Å². The normalized spacial score (nSPS) is 21.5. The van der Waals surface area contributed by atoms with Crippen LogP contribution in [0.15, 0.2) is 29.0 Å². The monoisotopic (exact) mass is 216 g/mol. The molecule has 0 amide bonds. The maximum Gasteiger partial charge on any atom is 0.226 e. The van der Waals surface area contributed by atoms with E-state index in [4.69, 9.17) is 4.42 Å². The van der Waals surface area contributed by atoms with E-state index in [2.05, 4.69) is 10.3 Å². The number of pyridine rings is 1. The third-order valence-electron chi connectivity index (χ3n) is 3.04. The van der Waals surface area contributed by atoms with E-state index in [1.807, 2.05) is 12.1 Å². The van der Waals surface area contributed by atoms with E-state index in [1.54, 1.807) is 12.5 Å². The van der Waals surface area contributed by atoms with Gasteiger partial charge in [-0.15, -0.1) is 0 Å². The molecule has 0 saturated carbocycles. The van der Waals surface area contributed by atoms with Crippen LogP contribution in [-0.4, -0.2) is 23.9 Å². The number of Topliss-reactive ketones (excluding diaryl/α,β-unsaturated/α-hetero) is 1. The van der Waals surface area contributed by atoms with E-state index in [0.717, 1.165) is 17.5 Å². The Morgan fingerprint density at radius 2 is 2.44 bits per heavy atom. The van der Waals surface area contributed by atoms with Crippen LogP contribution in [0.1, 0.15) is 17.9 Å². The van der Waals surface area contributed by atoms with Gasteiger partial charge in [0.25, 0.3) is 0 Å². The smallest absolute Gasteiger partial charge is 0.226 e. The van der Waals surface area contributed by atoms with Crippen molar-refractivity contribution in [2.24, 2.45) is 0 Å². The molecule has 4 nitrogen and oxygen atoms in total. The van der Waals surface area contributed by atoms with Gasteiger partial charge in [0.2, 0.25) is 5.71 Å². The average Bonchev–Trinajstić information content (AvgIpc) is 2.74. The van der Waals surface area contributed by atoms with E-state index in [9.17, 15) is 4.79 Å². The number of nitrogens with one attached hydrogen (secondary N) is 1. The molecule has 82 valence electrons. The quantitative estimate of drug-likeness (QED) is 0.784. The summed E-state index contributed by atoms with van der Waals surface area (Å²) < 4.78 is 5.36. The Labute approximate surface area is 92.7 Å². The molecule has 0 spiro atoms. The molecule has 1 unspecified atom stereocenters. The fourth-order valence-corrected chi connectivity index (χ4v) is 2.19. The number of ketones is 1. The van der Waals surface area contributed by atoms with Gasteiger partial charge in [-0.25, -0.2) is 4.98 Å². The predicted molar refractivity (Wildman–Crippen MR) is 59.2 cm³/mol. The summed E-state index contributed by atoms with van der Waals surface area (Å²) >= 11 is 0. The molecule has 0 aliphatic carbocycles. The van der Waals surface area contributed by atoms with Gasteiger partial charge in [-0.1, -0.05) is 0 Å². The van der Waals surface area contributed by atoms with E-state index < -0.39 is 0 Å². The van der Waals surface area contributed by atoms with Gasteiger partial charge in [-0.3, -0.25) is 4.79 Å². The van der Waals surface area contributed by atoms with Gasteiger partial charge >= 0.3 is 0 Å². The Kier molecular flexibility index (Phi) is 2.22. The molecule has 0 aromatic carbocycles. The number of rotatable bonds is 1. The molecule has 4 heteroatoms. The fourth-order valence-electron chi connectivity index (χ4n) is 2.19. The number of fused-ring (bicyclic) bond motifs is 1. The lowest BCUT2D eigenvalue weighted by Gasteiger charge is -2.20. The molecule has 0 radical (unpaired) electrons. The van der Waals surface area contributed by atoms with Crippen molar-refractivity contribution < 1.29 is 9.21 Å². The Bertz CT molecular complexity index is 533. The summed E-state index contributed by atoms with van der Waals surface area (Å²) in [6.07, 6.45) is 3.95. The third-order valence-corrected chi connectivity index (χ3v) is 3.04. The van der Waals surface area contributed by atoms with Crippen molar-refractivity contribution in [1.82, 2.24) is 10.3 Å². The molecule has 1 atom stereocenters. The summed E-state index contributed by atoms with van der Waals surface area (Å²) in [5.74, 6) is 0.199. The first-order valence-electron chi connectivity index (χ1n) is 5.42. The number of nitrogens with zero attached hydrogens (tertiary/aromatic N) is 1. The first-order chi connectivity index (χ1) is 7.86. The highest BCUT2D eigenvalue weighted by Crippen LogP contribution is 2.28. The van der Waals surface area contributed by atoms with Crippen molar-refractivity contribution >= 4 is 16.9 Å². The number of furan rings is 1. The van der Waals surface area contributed by atoms with Crippen LogP contribution in [0, 0.1) is 0 Å². The average molecular weight is 216 g/mol. The maximum absolute atomic E-state index is 11.8. The highest BCUT2D eigenvalue weighted by molar-refractivity contribution is 5.92. The number of aromatic nitrogens is 1. The second kappa shape index (κ2) is 3.72. The minimum Gasteiger partial charge on any atom is -0.446 e. The molecule has 1 aliphatic heterocycles. The second-order valence-electron chi connectivity index (χ2n) is 4.02. The van der Waals surface area contributed by atoms with Crippen molar-refractivity contribution in [3.05, 3.63) is 30.2 Å². The van der Waals surface area contributed by atoms with Gasteiger partial charge in [-0.2, -0.15) is 0 Å². The topological polar surface area (TPSA) is 55.1 Å². The molecular weight excluding hydrogens is 204 g/mol. The third kappa shape index (κ3) is 1.42. The molecular formula is C12H12N2O2. The number of carbonyl (C=O) groups is 1. The maximum atomic E-state index is 11.8. The minimum absolute atomic E-state index is 0.0841. The molecule has 0 bridgehead atoms. The van der Waals surface area contributed by atoms with Gasteiger partial charge in [-0.05, 0) is 12.1 Å². The Morgan fingerprint density at radius 3 is 3.31 bits per heavy atom. The number of hydrogen-bond donors (Lipinski definition) is 1. The zero-order valence-corrected chi connectivity index (χ0v) is 8.77. The van der Waals surface area contributed by atoms with Crippen LogP contribution in [0.2, 0.25) is 0 Å². The molecule has 1 fully saturated rings. The lowest BCUT2D eigenvalue weighted by Crippen LogP contribution is -2.35. The fraction of sp³-hybridized carbons (Fsp3) is 0.333. The van der Waals surface area contributed by atoms with Crippen LogP contribution in [0.3, 0.4) is 0 Å². The lowest BCUT2D eigenvalue weighted by molar-refractivity contribution is -0.121. The van der Waals surface area contributed by atoms with Crippen LogP contribution in [-0.2, 0) is 4.79 Å². The lowest BCUT2D eigenvalue weighted by atomic mass is 9.90. The summed E-state index contributed by atoms with van der Waals surface area (Å²) in [5.41, 5.74) is 1.57. The molecule has 2 aromatic heterocycles. The number of carbonyl (C=O) groups excluding carboxylic acids is 1. The Morgan fingerprint density at radius 1 is 1.50 bits per heavy atom. The first-order valence-corrected chi connectivity index (χ1v) is 5.42. The summed E-state index contributed by atoms with van der Waals surface area (Å²) in [7, 11) is 0. The van der Waals surface area contributed by atoms with E-state index in [1.165, 1.54) is 0 Å². The Balaban J connectivity index is 2.08. The minimum atomic E-state index is -0.0841. The van der Waals surface area contributed by atoms with Gasteiger partial charge in [0.05, 0.1) is 12.2 Å². The van der Waals surface area contributed by atoms with Crippen molar-refractivity contribution in [1.29, 1.82) is 0 Å². The summed E-state index contributed by atoms with van der Waals surface area (Å²) in [5, 5.41) is 4.18. The van der Waals surface area contributed by atoms with Crippen LogP contribution in [0.5, 0.6) is 0 Å². The molecule has 1 aliphatic rings. The molecule has 3 heterocycles. The highest BCUT2D eigenvalue weighted by atomic mass is 16.3. The Hall–Kier alpha value is -1.68. The summed E-state index contributed by atoms with van der Waals surface area (Å²) in [4.78, 5) is 16.0. The van der Waals surface area contributed by atoms with Crippen molar-refractivity contribution in [3.8, 4) is 0 Å². The standard InChI is InChI=1S/C12H12N2O2/c15-11-3-5-13-6-9(11)10-7-16-12-8(10)2-1-4-14-12/h1-2,4,7,9,13H,3,5-6H2. The molecule has 1 N–H and O–H groups in total. The zero-order valence-electron chi connectivity index (χ0n) is 8.77. The largest absolute Gasteiger partial charge is 0.446 e. The van der Waals surface area contributed by atoms with Crippen LogP contribution < -0.4 is 5.32 Å². The summed E-state index contributed by atoms with van der Waals surface area (Å²) in [6, 6.07) is 3.81. The van der Waals surface area contributed by atoms with Gasteiger partial charge < -0.3 is 9.73 Å². The number of hydrogen-bond acceptors (Lipinski definition) is 4. The van der Waals surface area contributed by atoms with Crippen LogP contribution >= 0.6 is 0 Å². The second-order valence-corrected chi connectivity index (χ2v) is 4.02. The van der Waals surface area contributed by atoms with E-state index >= 15 is 0 Å². The summed E-state index contributed by atoms with van der Waals surface area (Å²) in [6.45, 7) is 1.48. The molecule has 2 aromatic rings. The van der Waals surface area contributed by atoms with Crippen molar-refractivity contribution in [2.45, 2.75) is 12.3 Å².